The van der Waals surface area contributed by atoms with Gasteiger partial charge in [0.05, 0.1) is 5.52 Å². The third kappa shape index (κ3) is 2.84. The highest BCUT2D eigenvalue weighted by molar-refractivity contribution is 6.06. The quantitative estimate of drug-likeness (QED) is 0.596. The molecule has 0 amide bonds. The Morgan fingerprint density at radius 3 is 2.60 bits per heavy atom. The standard InChI is InChI=1S/C18H14F2N4O/c1-24-15-8-9-21-10-14(15)13-6-7-16(23-17(13)24)22-11-2-4-12(5-3-11)25-18(19)20/h2-10,18H,1H3,(H,22,23). The molecule has 0 bridgehead atoms. The van der Waals surface area contributed by atoms with Gasteiger partial charge in [-0.15, -0.1) is 0 Å². The van der Waals surface area contributed by atoms with E-state index in [9.17, 15) is 8.78 Å². The number of nitrogens with zero attached hydrogens (tertiary/aromatic N) is 3. The molecule has 1 aromatic carbocycles. The van der Waals surface area contributed by atoms with Crippen LogP contribution in [-0.2, 0) is 7.05 Å². The van der Waals surface area contributed by atoms with Crippen LogP contribution in [0.1, 0.15) is 0 Å². The van der Waals surface area contributed by atoms with E-state index in [0.717, 1.165) is 27.6 Å². The van der Waals surface area contributed by atoms with Crippen molar-refractivity contribution in [2.24, 2.45) is 7.05 Å². The first-order valence-electron chi connectivity index (χ1n) is 7.63. The van der Waals surface area contributed by atoms with Gasteiger partial charge >= 0.3 is 6.61 Å². The first-order valence-corrected chi connectivity index (χ1v) is 7.63. The molecule has 4 rings (SSSR count). The van der Waals surface area contributed by atoms with Crippen molar-refractivity contribution >= 4 is 33.4 Å². The van der Waals surface area contributed by atoms with E-state index in [-0.39, 0.29) is 5.75 Å². The van der Waals surface area contributed by atoms with Crippen molar-refractivity contribution in [3.05, 3.63) is 54.9 Å². The minimum atomic E-state index is -2.83. The lowest BCUT2D eigenvalue weighted by molar-refractivity contribution is -0.0498. The number of anilines is 2. The van der Waals surface area contributed by atoms with Gasteiger partial charge in [0, 0.05) is 35.9 Å². The SMILES string of the molecule is Cn1c2ccncc2c2ccc(Nc3ccc(OC(F)F)cc3)nc21. The molecule has 0 radical (unpaired) electrons. The molecule has 0 aliphatic rings. The Morgan fingerprint density at radius 1 is 1.04 bits per heavy atom. The second kappa shape index (κ2) is 6.01. The summed E-state index contributed by atoms with van der Waals surface area (Å²) >= 11 is 0. The van der Waals surface area contributed by atoms with Gasteiger partial charge in [0.25, 0.3) is 0 Å². The molecular formula is C18H14F2N4O. The van der Waals surface area contributed by atoms with Gasteiger partial charge in [-0.05, 0) is 42.5 Å². The Morgan fingerprint density at radius 2 is 1.84 bits per heavy atom. The summed E-state index contributed by atoms with van der Waals surface area (Å²) in [5.41, 5.74) is 2.63. The van der Waals surface area contributed by atoms with E-state index in [1.807, 2.05) is 36.0 Å². The largest absolute Gasteiger partial charge is 0.435 e. The zero-order valence-electron chi connectivity index (χ0n) is 13.3. The van der Waals surface area contributed by atoms with E-state index in [1.54, 1.807) is 18.3 Å². The van der Waals surface area contributed by atoms with Gasteiger partial charge in [-0.3, -0.25) is 4.98 Å². The Labute approximate surface area is 141 Å². The zero-order chi connectivity index (χ0) is 17.4. The highest BCUT2D eigenvalue weighted by Crippen LogP contribution is 2.28. The van der Waals surface area contributed by atoms with Crippen LogP contribution in [0.4, 0.5) is 20.3 Å². The van der Waals surface area contributed by atoms with Crippen molar-refractivity contribution in [3.8, 4) is 5.75 Å². The number of pyridine rings is 2. The molecule has 126 valence electrons. The van der Waals surface area contributed by atoms with E-state index < -0.39 is 6.61 Å². The van der Waals surface area contributed by atoms with Gasteiger partial charge in [-0.1, -0.05) is 0 Å². The lowest BCUT2D eigenvalue weighted by atomic mass is 10.2. The molecule has 0 aliphatic heterocycles. The highest BCUT2D eigenvalue weighted by Gasteiger charge is 2.10. The topological polar surface area (TPSA) is 52.0 Å². The molecule has 0 spiro atoms. The molecule has 4 aromatic rings. The fourth-order valence-electron chi connectivity index (χ4n) is 2.85. The first kappa shape index (κ1) is 15.3. The number of aryl methyl sites for hydroxylation is 1. The van der Waals surface area contributed by atoms with Crippen molar-refractivity contribution in [1.82, 2.24) is 14.5 Å². The number of hydrogen-bond donors (Lipinski definition) is 1. The summed E-state index contributed by atoms with van der Waals surface area (Å²) in [6.07, 6.45) is 3.58. The lowest BCUT2D eigenvalue weighted by Gasteiger charge is -2.08. The summed E-state index contributed by atoms with van der Waals surface area (Å²) in [7, 11) is 1.96. The molecule has 0 fully saturated rings. The number of ether oxygens (including phenoxy) is 1. The summed E-state index contributed by atoms with van der Waals surface area (Å²) in [5, 5.41) is 5.24. The molecule has 0 saturated heterocycles. The van der Waals surface area contributed by atoms with Crippen LogP contribution in [0.25, 0.3) is 21.9 Å². The van der Waals surface area contributed by atoms with Crippen molar-refractivity contribution in [2.45, 2.75) is 6.61 Å². The highest BCUT2D eigenvalue weighted by atomic mass is 19.3. The van der Waals surface area contributed by atoms with Crippen LogP contribution >= 0.6 is 0 Å². The van der Waals surface area contributed by atoms with Crippen LogP contribution in [0.5, 0.6) is 5.75 Å². The van der Waals surface area contributed by atoms with Crippen LogP contribution in [0.15, 0.2) is 54.9 Å². The second-order valence-electron chi connectivity index (χ2n) is 5.55. The number of alkyl halides is 2. The van der Waals surface area contributed by atoms with Crippen LogP contribution in [0.2, 0.25) is 0 Å². The monoisotopic (exact) mass is 340 g/mol. The number of hydrogen-bond acceptors (Lipinski definition) is 4. The van der Waals surface area contributed by atoms with E-state index >= 15 is 0 Å². The molecule has 0 saturated carbocycles. The molecule has 0 aliphatic carbocycles. The Hall–Kier alpha value is -3.22. The van der Waals surface area contributed by atoms with E-state index in [2.05, 4.69) is 20.0 Å². The molecule has 0 unspecified atom stereocenters. The predicted molar refractivity (Wildman–Crippen MR) is 92.4 cm³/mol. The smallest absolute Gasteiger partial charge is 0.387 e. The zero-order valence-corrected chi connectivity index (χ0v) is 13.3. The van der Waals surface area contributed by atoms with Gasteiger partial charge in [-0.25, -0.2) is 4.98 Å². The maximum Gasteiger partial charge on any atom is 0.387 e. The van der Waals surface area contributed by atoms with Crippen molar-refractivity contribution in [2.75, 3.05) is 5.32 Å². The number of fused-ring (bicyclic) bond motifs is 3. The van der Waals surface area contributed by atoms with Crippen LogP contribution in [0, 0.1) is 0 Å². The van der Waals surface area contributed by atoms with Gasteiger partial charge in [0.2, 0.25) is 0 Å². The van der Waals surface area contributed by atoms with Crippen molar-refractivity contribution in [3.63, 3.8) is 0 Å². The number of benzene rings is 1. The summed E-state index contributed by atoms with van der Waals surface area (Å²) in [5.74, 6) is 0.777. The minimum absolute atomic E-state index is 0.116. The van der Waals surface area contributed by atoms with Crippen molar-refractivity contribution in [1.29, 1.82) is 0 Å². The molecule has 1 N–H and O–H groups in total. The third-order valence-electron chi connectivity index (χ3n) is 3.99. The van der Waals surface area contributed by atoms with E-state index in [1.165, 1.54) is 12.1 Å². The Bertz CT molecular complexity index is 1040. The molecule has 25 heavy (non-hydrogen) atoms. The second-order valence-corrected chi connectivity index (χ2v) is 5.55. The Kier molecular flexibility index (Phi) is 3.68. The summed E-state index contributed by atoms with van der Waals surface area (Å²) in [6, 6.07) is 12.1. The predicted octanol–water partition coefficient (Wildman–Crippen LogP) is 4.47. The molecule has 0 atom stereocenters. The fraction of sp³-hybridized carbons (Fsp3) is 0.111. The van der Waals surface area contributed by atoms with Gasteiger partial charge < -0.3 is 14.6 Å². The van der Waals surface area contributed by atoms with Gasteiger partial charge in [0.15, 0.2) is 0 Å². The molecular weight excluding hydrogens is 326 g/mol. The number of nitrogens with one attached hydrogen (secondary N) is 1. The van der Waals surface area contributed by atoms with Crippen molar-refractivity contribution < 1.29 is 13.5 Å². The van der Waals surface area contributed by atoms with Crippen LogP contribution in [-0.4, -0.2) is 21.1 Å². The third-order valence-corrected chi connectivity index (χ3v) is 3.99. The molecule has 5 nitrogen and oxygen atoms in total. The maximum atomic E-state index is 12.2. The molecule has 3 aromatic heterocycles. The van der Waals surface area contributed by atoms with E-state index in [4.69, 9.17) is 0 Å². The lowest BCUT2D eigenvalue weighted by Crippen LogP contribution is -2.01. The normalized spacial score (nSPS) is 11.4. The number of halogens is 2. The van der Waals surface area contributed by atoms with Gasteiger partial charge in [0.1, 0.15) is 17.2 Å². The number of aromatic nitrogens is 3. The average Bonchev–Trinajstić information content (AvgIpc) is 2.89. The minimum Gasteiger partial charge on any atom is -0.435 e. The fourth-order valence-corrected chi connectivity index (χ4v) is 2.85. The number of rotatable bonds is 4. The summed E-state index contributed by atoms with van der Waals surface area (Å²) in [6.45, 7) is -2.83. The summed E-state index contributed by atoms with van der Waals surface area (Å²) < 4.78 is 30.7. The van der Waals surface area contributed by atoms with Crippen LogP contribution in [0.3, 0.4) is 0 Å². The summed E-state index contributed by atoms with van der Waals surface area (Å²) in [4.78, 5) is 8.82. The Balaban J connectivity index is 1.66. The van der Waals surface area contributed by atoms with E-state index in [0.29, 0.717) is 5.82 Å². The average molecular weight is 340 g/mol. The molecule has 7 heteroatoms. The van der Waals surface area contributed by atoms with Crippen LogP contribution < -0.4 is 10.1 Å². The van der Waals surface area contributed by atoms with Gasteiger partial charge in [-0.2, -0.15) is 8.78 Å². The molecule has 3 heterocycles. The first-order chi connectivity index (χ1) is 12.1. The maximum absolute atomic E-state index is 12.2.